The van der Waals surface area contributed by atoms with Crippen LogP contribution in [0.3, 0.4) is 0 Å². The number of nitrogens with two attached hydrogens (primary N) is 2. The Bertz CT molecular complexity index is 2010. The van der Waals surface area contributed by atoms with Crippen LogP contribution in [0.25, 0.3) is 0 Å². The second-order valence-electron chi connectivity index (χ2n) is 17.1. The van der Waals surface area contributed by atoms with Crippen molar-refractivity contribution in [3.63, 3.8) is 0 Å². The van der Waals surface area contributed by atoms with E-state index in [-0.39, 0.29) is 48.6 Å². The fourth-order valence-electron chi connectivity index (χ4n) is 7.94. The molecule has 9 N–H and O–H groups in total. The summed E-state index contributed by atoms with van der Waals surface area (Å²) in [5, 5.41) is 20.9. The summed E-state index contributed by atoms with van der Waals surface area (Å²) >= 11 is 0. The molecule has 2 aliphatic heterocycles. The number of nitrogens with one attached hydrogen (secondary N) is 2. The molecule has 0 spiro atoms. The molecule has 2 aliphatic rings. The normalized spacial score (nSPS) is 15.8. The minimum atomic E-state index is -0.488. The molecule has 68 heavy (non-hydrogen) atoms. The van der Waals surface area contributed by atoms with Crippen LogP contribution >= 0.6 is 0 Å². The van der Waals surface area contributed by atoms with Crippen LogP contribution in [-0.4, -0.2) is 184 Å². The van der Waals surface area contributed by atoms with E-state index in [1.54, 1.807) is 9.36 Å². The van der Waals surface area contributed by atoms with Gasteiger partial charge in [0.05, 0.1) is 57.5 Å². The first kappa shape index (κ1) is 55.2. The van der Waals surface area contributed by atoms with E-state index in [1.165, 1.54) is 0 Å². The molecule has 5 heterocycles. The van der Waals surface area contributed by atoms with Crippen molar-refractivity contribution in [3.8, 4) is 12.3 Å². The predicted molar refractivity (Wildman–Crippen MR) is 252 cm³/mol. The summed E-state index contributed by atoms with van der Waals surface area (Å²) in [5.74, 6) is 4.21. The van der Waals surface area contributed by atoms with Gasteiger partial charge in [-0.2, -0.15) is 15.0 Å². The van der Waals surface area contributed by atoms with Crippen molar-refractivity contribution >= 4 is 35.6 Å². The van der Waals surface area contributed by atoms with E-state index >= 15 is 0 Å². The van der Waals surface area contributed by atoms with E-state index in [4.69, 9.17) is 47.1 Å². The van der Waals surface area contributed by atoms with Gasteiger partial charge in [-0.3, -0.25) is 26.0 Å². The van der Waals surface area contributed by atoms with Crippen molar-refractivity contribution in [1.82, 2.24) is 54.7 Å². The predicted octanol–water partition coefficient (Wildman–Crippen LogP) is -5.12. The number of rotatable bonds is 29. The number of terminal acetylenes is 1. The Hall–Kier alpha value is -5.41. The molecule has 3 aromatic rings. The number of guanidine groups is 1. The van der Waals surface area contributed by atoms with Gasteiger partial charge in [-0.05, 0) is 43.9 Å². The smallest absolute Gasteiger partial charge is 0.338 e. The summed E-state index contributed by atoms with van der Waals surface area (Å²) in [5.41, 5.74) is 16.7. The number of hydrogen-bond donors (Lipinski definition) is 5. The minimum Gasteiger partial charge on any atom is -1.00 e. The molecule has 0 bridgehead atoms. The molecule has 3 aromatic heterocycles. The first-order valence-corrected chi connectivity index (χ1v) is 24.0. The molecule has 5 rings (SSSR count). The number of anilines is 3. The SMILES string of the molecule is C#CCOCCOCCOCCNc1nc(N2CCN(C(=O)[C@H]([C@@H](C)CC)n3cc(CCCC[NH3+])nn3)CC2)nc(N2CCN(C(=O)[C@H]([C@@H](C)CC)n3cc(CCC[NH+]=C(N)N)nn3)CC2)n1.[Cl-]. The van der Waals surface area contributed by atoms with E-state index < -0.39 is 12.1 Å². The van der Waals surface area contributed by atoms with Gasteiger partial charge in [0.1, 0.15) is 18.7 Å². The van der Waals surface area contributed by atoms with Crippen LogP contribution in [0.2, 0.25) is 0 Å². The molecule has 2 amide bonds. The van der Waals surface area contributed by atoms with Crippen molar-refractivity contribution in [1.29, 1.82) is 0 Å². The first-order valence-electron chi connectivity index (χ1n) is 24.0. The number of carbonyl (C=O) groups excluding carboxylic acids is 2. The van der Waals surface area contributed by atoms with Crippen molar-refractivity contribution < 1.29 is 46.9 Å². The molecule has 2 saturated heterocycles. The second-order valence-corrected chi connectivity index (χ2v) is 17.1. The zero-order valence-electron chi connectivity index (χ0n) is 40.6. The maximum atomic E-state index is 14.2. The molecular weight excluding hydrogens is 896 g/mol. The highest BCUT2D eigenvalue weighted by Gasteiger charge is 2.36. The van der Waals surface area contributed by atoms with Crippen LogP contribution in [0.5, 0.6) is 0 Å². The summed E-state index contributed by atoms with van der Waals surface area (Å²) in [6, 6.07) is -0.931. The number of unbranched alkanes of at least 4 members (excludes halogenated alkanes) is 1. The van der Waals surface area contributed by atoms with Crippen LogP contribution in [-0.2, 0) is 36.6 Å². The number of carbonyl (C=O) groups is 2. The molecule has 4 atom stereocenters. The number of aryl methyl sites for hydroxylation is 2. The zero-order chi connectivity index (χ0) is 48.0. The Morgan fingerprint density at radius 1 is 0.750 bits per heavy atom. The topological polar surface area (TPSA) is 281 Å². The highest BCUT2D eigenvalue weighted by atomic mass is 35.5. The van der Waals surface area contributed by atoms with Gasteiger partial charge in [0.2, 0.25) is 29.7 Å². The third-order valence-corrected chi connectivity index (χ3v) is 12.2. The molecule has 0 unspecified atom stereocenters. The van der Waals surface area contributed by atoms with Gasteiger partial charge in [0.15, 0.2) is 0 Å². The largest absolute Gasteiger partial charge is 1.00 e. The van der Waals surface area contributed by atoms with E-state index in [1.807, 2.05) is 22.2 Å². The third kappa shape index (κ3) is 16.7. The first-order chi connectivity index (χ1) is 32.6. The Balaban J connectivity index is 0.0000101. The average molecular weight is 973 g/mol. The number of hydrogen-bond acceptors (Lipinski definition) is 15. The molecule has 24 heteroatoms. The molecular formula is C44H76ClN18O5+. The van der Waals surface area contributed by atoms with Gasteiger partial charge in [0.25, 0.3) is 0 Å². The standard InChI is InChI=1S/C44H74N18O5.ClH/c1-6-25-65-27-29-67-30-28-66-26-16-49-42-50-43(59-21-17-57(18-22-59)39(63)37(33(4)7-2)61-31-35(53-55-61)12-9-10-14-45)52-44(51-42)60-23-19-58(20-24-60)40(64)38(34(5)8-3)62-32-36(54-56-62)13-11-15-48-41(46)47;/h1,31-34,37-38H,7-30,45H2,2-5H3,(H4,46,47,48)(H,49,50,51,52);1H/p+1/t33-,34-,37-,38-;/m0./s1. The van der Waals surface area contributed by atoms with Crippen LogP contribution in [0.1, 0.15) is 83.3 Å². The summed E-state index contributed by atoms with van der Waals surface area (Å²) in [6.07, 6.45) is 14.9. The van der Waals surface area contributed by atoms with Crippen molar-refractivity contribution in [3.05, 3.63) is 23.8 Å². The highest BCUT2D eigenvalue weighted by molar-refractivity contribution is 5.81. The summed E-state index contributed by atoms with van der Waals surface area (Å²) in [6.45, 7) is 16.7. The number of piperazine rings is 2. The van der Waals surface area contributed by atoms with Gasteiger partial charge < -0.3 is 57.3 Å². The van der Waals surface area contributed by atoms with Crippen LogP contribution in [0.4, 0.5) is 17.8 Å². The lowest BCUT2D eigenvalue weighted by atomic mass is 9.97. The Kier molecular flexibility index (Phi) is 23.9. The van der Waals surface area contributed by atoms with Gasteiger partial charge in [0, 0.05) is 71.3 Å². The van der Waals surface area contributed by atoms with E-state index in [2.05, 4.69) is 80.1 Å². The third-order valence-electron chi connectivity index (χ3n) is 12.2. The van der Waals surface area contributed by atoms with E-state index in [9.17, 15) is 9.59 Å². The molecule has 23 nitrogen and oxygen atoms in total. The maximum Gasteiger partial charge on any atom is 0.338 e. The van der Waals surface area contributed by atoms with Gasteiger partial charge in [-0.25, -0.2) is 9.36 Å². The molecule has 0 aromatic carbocycles. The average Bonchev–Trinajstić information content (AvgIpc) is 4.02. The molecule has 2 fully saturated rings. The monoisotopic (exact) mass is 972 g/mol. The fraction of sp³-hybridized carbons (Fsp3) is 0.727. The Labute approximate surface area is 407 Å². The molecule has 378 valence electrons. The highest BCUT2D eigenvalue weighted by Crippen LogP contribution is 2.27. The molecule has 0 saturated carbocycles. The fourth-order valence-corrected chi connectivity index (χ4v) is 7.94. The van der Waals surface area contributed by atoms with Crippen molar-refractivity contribution in [2.45, 2.75) is 84.7 Å². The van der Waals surface area contributed by atoms with Crippen LogP contribution in [0, 0.1) is 24.2 Å². The molecule has 0 aliphatic carbocycles. The quantitative estimate of drug-likeness (QED) is 0.0188. The van der Waals surface area contributed by atoms with E-state index in [0.717, 1.165) is 56.5 Å². The summed E-state index contributed by atoms with van der Waals surface area (Å²) in [7, 11) is 0. The minimum absolute atomic E-state index is 0. The van der Waals surface area contributed by atoms with Crippen LogP contribution < -0.4 is 49.7 Å². The van der Waals surface area contributed by atoms with Gasteiger partial charge >= 0.3 is 5.96 Å². The number of aromatic nitrogens is 9. The van der Waals surface area contributed by atoms with Gasteiger partial charge in [-0.15, -0.1) is 16.6 Å². The number of ether oxygens (including phenoxy) is 3. The lowest BCUT2D eigenvalue weighted by Gasteiger charge is -2.38. The van der Waals surface area contributed by atoms with E-state index in [0.29, 0.717) is 123 Å². The molecule has 0 radical (unpaired) electrons. The number of quaternary nitrogens is 1. The lowest BCUT2D eigenvalue weighted by Crippen LogP contribution is -3.00. The summed E-state index contributed by atoms with van der Waals surface area (Å²) < 4.78 is 20.0. The summed E-state index contributed by atoms with van der Waals surface area (Å²) in [4.78, 5) is 54.1. The second kappa shape index (κ2) is 29.5. The zero-order valence-corrected chi connectivity index (χ0v) is 41.4. The number of amides is 2. The Morgan fingerprint density at radius 3 is 1.71 bits per heavy atom. The van der Waals surface area contributed by atoms with Crippen molar-refractivity contribution in [2.75, 3.05) is 127 Å². The number of halogens is 1. The maximum absolute atomic E-state index is 14.2. The number of nitrogens with zero attached hydrogens (tertiary/aromatic N) is 13. The van der Waals surface area contributed by atoms with Crippen molar-refractivity contribution in [2.24, 2.45) is 23.3 Å². The van der Waals surface area contributed by atoms with Gasteiger partial charge in [-0.1, -0.05) is 56.9 Å². The lowest BCUT2D eigenvalue weighted by molar-refractivity contribution is -0.459. The Morgan fingerprint density at radius 2 is 1.24 bits per heavy atom. The van der Waals surface area contributed by atoms with Crippen LogP contribution in [0.15, 0.2) is 12.4 Å².